The molecule has 1 aromatic rings. The Bertz CT molecular complexity index is 464. The lowest BCUT2D eigenvalue weighted by Gasteiger charge is -2.09. The molecule has 1 aromatic carbocycles. The number of rotatable bonds is 6. The van der Waals surface area contributed by atoms with Gasteiger partial charge in [-0.05, 0) is 25.1 Å². The van der Waals surface area contributed by atoms with Gasteiger partial charge in [-0.2, -0.15) is 0 Å². The molecule has 6 heteroatoms. The second-order valence-electron chi connectivity index (χ2n) is 4.01. The molecule has 0 aromatic heterocycles. The van der Waals surface area contributed by atoms with Crippen LogP contribution in [0.4, 0.5) is 10.5 Å². The third kappa shape index (κ3) is 6.47. The van der Waals surface area contributed by atoms with Gasteiger partial charge in [-0.25, -0.2) is 4.79 Å². The minimum atomic E-state index is -0.358. The highest BCUT2D eigenvalue weighted by Gasteiger charge is 2.05. The third-order valence-corrected chi connectivity index (χ3v) is 2.62. The SMILES string of the molecule is C=C(C)COCCNC(=O)Nc1cc(Cl)ccc1Cl. The Morgan fingerprint density at radius 2 is 2.16 bits per heavy atom. The van der Waals surface area contributed by atoms with Crippen molar-refractivity contribution in [3.05, 3.63) is 40.4 Å². The van der Waals surface area contributed by atoms with Crippen molar-refractivity contribution >= 4 is 34.9 Å². The molecule has 0 saturated heterocycles. The average Bonchev–Trinajstić information content (AvgIpc) is 2.33. The molecule has 104 valence electrons. The van der Waals surface area contributed by atoms with E-state index in [-0.39, 0.29) is 6.03 Å². The number of ether oxygens (including phenoxy) is 1. The van der Waals surface area contributed by atoms with Crippen LogP contribution in [0.1, 0.15) is 6.92 Å². The van der Waals surface area contributed by atoms with E-state index in [0.29, 0.717) is 35.5 Å². The monoisotopic (exact) mass is 302 g/mol. The maximum absolute atomic E-state index is 11.6. The number of urea groups is 1. The smallest absolute Gasteiger partial charge is 0.319 e. The fraction of sp³-hybridized carbons (Fsp3) is 0.308. The Morgan fingerprint density at radius 3 is 2.84 bits per heavy atom. The molecule has 1 rings (SSSR count). The highest BCUT2D eigenvalue weighted by Crippen LogP contribution is 2.25. The number of anilines is 1. The Balaban J connectivity index is 2.31. The van der Waals surface area contributed by atoms with Gasteiger partial charge in [-0.3, -0.25) is 0 Å². The minimum Gasteiger partial charge on any atom is -0.375 e. The molecule has 0 aliphatic carbocycles. The topological polar surface area (TPSA) is 50.4 Å². The van der Waals surface area contributed by atoms with Crippen LogP contribution in [0.15, 0.2) is 30.4 Å². The van der Waals surface area contributed by atoms with Crippen molar-refractivity contribution < 1.29 is 9.53 Å². The van der Waals surface area contributed by atoms with Gasteiger partial charge in [0.15, 0.2) is 0 Å². The molecule has 0 aliphatic rings. The van der Waals surface area contributed by atoms with Gasteiger partial charge in [0.1, 0.15) is 0 Å². The number of hydrogen-bond donors (Lipinski definition) is 2. The van der Waals surface area contributed by atoms with E-state index in [2.05, 4.69) is 17.2 Å². The van der Waals surface area contributed by atoms with Crippen LogP contribution in [0.5, 0.6) is 0 Å². The van der Waals surface area contributed by atoms with E-state index in [9.17, 15) is 4.79 Å². The summed E-state index contributed by atoms with van der Waals surface area (Å²) in [6.07, 6.45) is 0. The quantitative estimate of drug-likeness (QED) is 0.622. The second kappa shape index (κ2) is 8.04. The summed E-state index contributed by atoms with van der Waals surface area (Å²) in [4.78, 5) is 11.6. The minimum absolute atomic E-state index is 0.358. The van der Waals surface area contributed by atoms with Gasteiger partial charge >= 0.3 is 6.03 Å². The average molecular weight is 303 g/mol. The van der Waals surface area contributed by atoms with Crippen LogP contribution in [-0.4, -0.2) is 25.8 Å². The number of halogens is 2. The highest BCUT2D eigenvalue weighted by atomic mass is 35.5. The summed E-state index contributed by atoms with van der Waals surface area (Å²) in [5, 5.41) is 6.19. The van der Waals surface area contributed by atoms with Crippen molar-refractivity contribution in [2.75, 3.05) is 25.1 Å². The molecule has 19 heavy (non-hydrogen) atoms. The largest absolute Gasteiger partial charge is 0.375 e. The fourth-order valence-electron chi connectivity index (χ4n) is 1.24. The molecule has 0 aliphatic heterocycles. The van der Waals surface area contributed by atoms with Crippen molar-refractivity contribution in [1.29, 1.82) is 0 Å². The Hall–Kier alpha value is -1.23. The van der Waals surface area contributed by atoms with Crippen LogP contribution in [0.25, 0.3) is 0 Å². The van der Waals surface area contributed by atoms with Gasteiger partial charge in [-0.15, -0.1) is 0 Å². The summed E-state index contributed by atoms with van der Waals surface area (Å²) in [5.41, 5.74) is 1.41. The Labute approximate surface area is 122 Å². The molecule has 0 radical (unpaired) electrons. The van der Waals surface area contributed by atoms with Crippen molar-refractivity contribution in [1.82, 2.24) is 5.32 Å². The number of carbonyl (C=O) groups is 1. The summed E-state index contributed by atoms with van der Waals surface area (Å²) >= 11 is 11.7. The molecule has 4 nitrogen and oxygen atoms in total. The Morgan fingerprint density at radius 1 is 1.42 bits per heavy atom. The first-order chi connectivity index (χ1) is 8.99. The lowest BCUT2D eigenvalue weighted by atomic mass is 10.3. The van der Waals surface area contributed by atoms with Crippen LogP contribution in [0.3, 0.4) is 0 Å². The number of benzene rings is 1. The molecule has 0 fully saturated rings. The van der Waals surface area contributed by atoms with Crippen LogP contribution in [0.2, 0.25) is 10.0 Å². The van der Waals surface area contributed by atoms with E-state index >= 15 is 0 Å². The maximum atomic E-state index is 11.6. The first-order valence-corrected chi connectivity index (χ1v) is 6.46. The van der Waals surface area contributed by atoms with Gasteiger partial charge in [0.05, 0.1) is 23.9 Å². The van der Waals surface area contributed by atoms with E-state index in [1.807, 2.05) is 6.92 Å². The van der Waals surface area contributed by atoms with Crippen molar-refractivity contribution in [2.45, 2.75) is 6.92 Å². The molecule has 2 amide bonds. The van der Waals surface area contributed by atoms with Crippen LogP contribution >= 0.6 is 23.2 Å². The fourth-order valence-corrected chi connectivity index (χ4v) is 1.58. The van der Waals surface area contributed by atoms with E-state index in [4.69, 9.17) is 27.9 Å². The zero-order chi connectivity index (χ0) is 14.3. The van der Waals surface area contributed by atoms with Gasteiger partial charge < -0.3 is 15.4 Å². The molecule has 0 atom stereocenters. The number of carbonyl (C=O) groups excluding carboxylic acids is 1. The summed E-state index contributed by atoms with van der Waals surface area (Å²) in [6.45, 7) is 6.90. The van der Waals surface area contributed by atoms with E-state index in [0.717, 1.165) is 5.57 Å². The van der Waals surface area contributed by atoms with E-state index in [1.165, 1.54) is 0 Å². The first kappa shape index (κ1) is 15.8. The zero-order valence-electron chi connectivity index (χ0n) is 10.6. The standard InChI is InChI=1S/C13H16Cl2N2O2/c1-9(2)8-19-6-5-16-13(18)17-12-7-10(14)3-4-11(12)15/h3-4,7H,1,5-6,8H2,2H3,(H2,16,17,18). The van der Waals surface area contributed by atoms with Crippen molar-refractivity contribution in [3.8, 4) is 0 Å². The summed E-state index contributed by atoms with van der Waals surface area (Å²) in [7, 11) is 0. The number of hydrogen-bond acceptors (Lipinski definition) is 2. The van der Waals surface area contributed by atoms with Crippen molar-refractivity contribution in [2.24, 2.45) is 0 Å². The molecule has 0 spiro atoms. The number of amides is 2. The highest BCUT2D eigenvalue weighted by molar-refractivity contribution is 6.35. The van der Waals surface area contributed by atoms with E-state index < -0.39 is 0 Å². The lowest BCUT2D eigenvalue weighted by Crippen LogP contribution is -2.31. The van der Waals surface area contributed by atoms with Crippen LogP contribution in [0, 0.1) is 0 Å². The van der Waals surface area contributed by atoms with Crippen LogP contribution in [-0.2, 0) is 4.74 Å². The van der Waals surface area contributed by atoms with E-state index in [1.54, 1.807) is 18.2 Å². The summed E-state index contributed by atoms with van der Waals surface area (Å²) < 4.78 is 5.25. The third-order valence-electron chi connectivity index (χ3n) is 2.06. The lowest BCUT2D eigenvalue weighted by molar-refractivity contribution is 0.159. The van der Waals surface area contributed by atoms with Gasteiger partial charge in [-0.1, -0.05) is 35.4 Å². The molecular weight excluding hydrogens is 287 g/mol. The molecular formula is C13H16Cl2N2O2. The second-order valence-corrected chi connectivity index (χ2v) is 4.86. The Kier molecular flexibility index (Phi) is 6.70. The van der Waals surface area contributed by atoms with Crippen molar-refractivity contribution in [3.63, 3.8) is 0 Å². The summed E-state index contributed by atoms with van der Waals surface area (Å²) in [5.74, 6) is 0. The predicted octanol–water partition coefficient (Wildman–Crippen LogP) is 3.71. The first-order valence-electron chi connectivity index (χ1n) is 5.71. The van der Waals surface area contributed by atoms with Gasteiger partial charge in [0.2, 0.25) is 0 Å². The predicted molar refractivity (Wildman–Crippen MR) is 79.1 cm³/mol. The normalized spacial score (nSPS) is 10.1. The van der Waals surface area contributed by atoms with Crippen LogP contribution < -0.4 is 10.6 Å². The number of nitrogens with one attached hydrogen (secondary N) is 2. The molecule has 0 unspecified atom stereocenters. The molecule has 0 heterocycles. The molecule has 0 saturated carbocycles. The zero-order valence-corrected chi connectivity index (χ0v) is 12.1. The molecule has 2 N–H and O–H groups in total. The molecule has 0 bridgehead atoms. The van der Waals surface area contributed by atoms with Gasteiger partial charge in [0, 0.05) is 11.6 Å². The summed E-state index contributed by atoms with van der Waals surface area (Å²) in [6, 6.07) is 4.50. The maximum Gasteiger partial charge on any atom is 0.319 e. The van der Waals surface area contributed by atoms with Gasteiger partial charge in [0.25, 0.3) is 0 Å².